The van der Waals surface area contributed by atoms with E-state index in [0.717, 1.165) is 19.4 Å². The lowest BCUT2D eigenvalue weighted by Gasteiger charge is -2.25. The number of likely N-dealkylation sites (tertiary alicyclic amines) is 1. The van der Waals surface area contributed by atoms with Crippen molar-refractivity contribution in [3.05, 3.63) is 0 Å². The summed E-state index contributed by atoms with van der Waals surface area (Å²) in [4.78, 5) is 12.5. The fourth-order valence-electron chi connectivity index (χ4n) is 1.20. The Morgan fingerprint density at radius 2 is 2.30 bits per heavy atom. The molecule has 0 radical (unpaired) electrons. The Labute approximate surface area is 60.0 Å². The van der Waals surface area contributed by atoms with Gasteiger partial charge in [-0.1, -0.05) is 0 Å². The zero-order valence-electron chi connectivity index (χ0n) is 5.98. The number of rotatable bonds is 2. The van der Waals surface area contributed by atoms with Crippen LogP contribution in [0.2, 0.25) is 0 Å². The summed E-state index contributed by atoms with van der Waals surface area (Å²) in [6.45, 7) is 0.632. The van der Waals surface area contributed by atoms with Gasteiger partial charge in [-0.15, -0.1) is 0 Å². The summed E-state index contributed by atoms with van der Waals surface area (Å²) in [5.41, 5.74) is 0. The van der Waals surface area contributed by atoms with Gasteiger partial charge in [-0.3, -0.25) is 4.79 Å². The van der Waals surface area contributed by atoms with Gasteiger partial charge in [0.1, 0.15) is 6.67 Å². The maximum atomic E-state index is 11.8. The number of carbonyl (C=O) groups is 1. The molecule has 0 spiro atoms. The van der Waals surface area contributed by atoms with Crippen molar-refractivity contribution in [2.24, 2.45) is 0 Å². The summed E-state index contributed by atoms with van der Waals surface area (Å²) in [6.07, 6.45) is 2.62. The van der Waals surface area contributed by atoms with E-state index in [-0.39, 0.29) is 5.91 Å². The van der Waals surface area contributed by atoms with Crippen molar-refractivity contribution in [1.29, 1.82) is 0 Å². The predicted molar refractivity (Wildman–Crippen MR) is 36.4 cm³/mol. The van der Waals surface area contributed by atoms with Gasteiger partial charge in [-0.25, -0.2) is 4.39 Å². The molecular weight excluding hydrogens is 133 g/mol. The molecule has 58 valence electrons. The lowest BCUT2D eigenvalue weighted by atomic mass is 10.1. The van der Waals surface area contributed by atoms with Gasteiger partial charge in [0.2, 0.25) is 5.91 Å². The molecule has 1 heterocycles. The highest BCUT2D eigenvalue weighted by Crippen LogP contribution is 2.09. The molecule has 1 amide bonds. The van der Waals surface area contributed by atoms with Crippen LogP contribution in [0.3, 0.4) is 0 Å². The normalized spacial score (nSPS) is 19.7. The van der Waals surface area contributed by atoms with Crippen LogP contribution in [0.5, 0.6) is 0 Å². The highest BCUT2D eigenvalue weighted by molar-refractivity contribution is 5.76. The summed E-state index contributed by atoms with van der Waals surface area (Å²) in [5.74, 6) is 0.115. The first-order chi connectivity index (χ1) is 4.84. The van der Waals surface area contributed by atoms with Crippen molar-refractivity contribution >= 4 is 5.91 Å². The molecule has 0 unspecified atom stereocenters. The van der Waals surface area contributed by atoms with Gasteiger partial charge in [-0.05, 0) is 12.8 Å². The van der Waals surface area contributed by atoms with Crippen LogP contribution in [-0.4, -0.2) is 30.6 Å². The number of hydrogen-bond acceptors (Lipinski definition) is 1. The van der Waals surface area contributed by atoms with Crippen molar-refractivity contribution in [2.75, 3.05) is 19.8 Å². The summed E-state index contributed by atoms with van der Waals surface area (Å²) in [5, 5.41) is 0. The number of piperidine rings is 1. The van der Waals surface area contributed by atoms with E-state index in [2.05, 4.69) is 0 Å². The molecule has 0 aromatic rings. The second-order valence-corrected chi connectivity index (χ2v) is 2.53. The third-order valence-corrected chi connectivity index (χ3v) is 1.78. The number of nitrogens with zero attached hydrogens (tertiary/aromatic N) is 1. The topological polar surface area (TPSA) is 20.3 Å². The van der Waals surface area contributed by atoms with E-state index in [4.69, 9.17) is 0 Å². The molecule has 0 aromatic carbocycles. The van der Waals surface area contributed by atoms with E-state index in [9.17, 15) is 9.18 Å². The molecule has 0 bridgehead atoms. The number of alkyl halides is 1. The van der Waals surface area contributed by atoms with E-state index < -0.39 is 6.67 Å². The molecule has 1 rings (SSSR count). The Bertz CT molecular complexity index is 125. The Hall–Kier alpha value is -0.600. The lowest BCUT2D eigenvalue weighted by Crippen LogP contribution is -2.36. The molecule has 1 aliphatic rings. The van der Waals surface area contributed by atoms with Crippen LogP contribution in [0.25, 0.3) is 0 Å². The van der Waals surface area contributed by atoms with Crippen LogP contribution in [-0.2, 0) is 4.79 Å². The van der Waals surface area contributed by atoms with Crippen molar-refractivity contribution in [3.63, 3.8) is 0 Å². The summed E-state index contributed by atoms with van der Waals surface area (Å²) >= 11 is 0. The average molecular weight is 145 g/mol. The highest BCUT2D eigenvalue weighted by atomic mass is 19.1. The Kier molecular flexibility index (Phi) is 2.66. The maximum absolute atomic E-state index is 11.8. The fraction of sp³-hybridized carbons (Fsp3) is 0.857. The van der Waals surface area contributed by atoms with Crippen molar-refractivity contribution < 1.29 is 9.18 Å². The number of halogens is 1. The van der Waals surface area contributed by atoms with Gasteiger partial charge in [0.25, 0.3) is 0 Å². The Morgan fingerprint density at radius 3 is 2.90 bits per heavy atom. The average Bonchev–Trinajstić information content (AvgIpc) is 1.94. The minimum Gasteiger partial charge on any atom is -0.340 e. The van der Waals surface area contributed by atoms with Crippen LogP contribution >= 0.6 is 0 Å². The van der Waals surface area contributed by atoms with Crippen LogP contribution in [0.4, 0.5) is 4.39 Å². The predicted octanol–water partition coefficient (Wildman–Crippen LogP) is 0.968. The molecule has 0 N–H and O–H groups in total. The Balaban J connectivity index is 2.32. The summed E-state index contributed by atoms with van der Waals surface area (Å²) in [6, 6.07) is 0. The van der Waals surface area contributed by atoms with Gasteiger partial charge in [0.15, 0.2) is 0 Å². The fourth-order valence-corrected chi connectivity index (χ4v) is 1.20. The van der Waals surface area contributed by atoms with Crippen LogP contribution < -0.4 is 0 Å². The number of amides is 1. The molecule has 1 aliphatic heterocycles. The Morgan fingerprint density at radius 1 is 1.50 bits per heavy atom. The summed E-state index contributed by atoms with van der Waals surface area (Å²) in [7, 11) is 0. The van der Waals surface area contributed by atoms with Crippen LogP contribution in [0, 0.1) is 0 Å². The molecular formula is C7H12FNO. The van der Waals surface area contributed by atoms with Crippen LogP contribution in [0.1, 0.15) is 19.3 Å². The maximum Gasteiger partial charge on any atom is 0.222 e. The van der Waals surface area contributed by atoms with Crippen molar-refractivity contribution in [2.45, 2.75) is 19.3 Å². The third-order valence-electron chi connectivity index (χ3n) is 1.78. The van der Waals surface area contributed by atoms with Gasteiger partial charge in [0, 0.05) is 19.5 Å². The van der Waals surface area contributed by atoms with Crippen molar-refractivity contribution in [3.8, 4) is 0 Å². The van der Waals surface area contributed by atoms with E-state index >= 15 is 0 Å². The molecule has 3 heteroatoms. The van der Waals surface area contributed by atoms with Gasteiger partial charge < -0.3 is 4.90 Å². The van der Waals surface area contributed by atoms with E-state index in [1.54, 1.807) is 4.90 Å². The van der Waals surface area contributed by atoms with E-state index in [1.807, 2.05) is 0 Å². The smallest absolute Gasteiger partial charge is 0.222 e. The molecule has 1 saturated heterocycles. The second-order valence-electron chi connectivity index (χ2n) is 2.53. The zero-order valence-corrected chi connectivity index (χ0v) is 5.98. The molecule has 2 nitrogen and oxygen atoms in total. The molecule has 1 fully saturated rings. The van der Waals surface area contributed by atoms with Crippen molar-refractivity contribution in [1.82, 2.24) is 4.90 Å². The number of hydrogen-bond donors (Lipinski definition) is 0. The minimum atomic E-state index is -0.411. The number of carbonyl (C=O) groups excluding carboxylic acids is 1. The van der Waals surface area contributed by atoms with E-state index in [0.29, 0.717) is 13.0 Å². The van der Waals surface area contributed by atoms with Crippen LogP contribution in [0.15, 0.2) is 0 Å². The highest BCUT2D eigenvalue weighted by Gasteiger charge is 2.16. The van der Waals surface area contributed by atoms with Gasteiger partial charge >= 0.3 is 0 Å². The quantitative estimate of drug-likeness (QED) is 0.567. The zero-order chi connectivity index (χ0) is 7.40. The molecule has 10 heavy (non-hydrogen) atoms. The molecule has 0 aliphatic carbocycles. The molecule has 0 atom stereocenters. The lowest BCUT2D eigenvalue weighted by molar-refractivity contribution is -0.133. The third kappa shape index (κ3) is 1.69. The first-order valence-electron chi connectivity index (χ1n) is 3.68. The standard InChI is InChI=1S/C7H12FNO/c8-4-6-9-5-2-1-3-7(9)10/h1-6H2. The SMILES string of the molecule is O=C1CCCCN1CCF. The summed E-state index contributed by atoms with van der Waals surface area (Å²) < 4.78 is 11.8. The van der Waals surface area contributed by atoms with Gasteiger partial charge in [-0.2, -0.15) is 0 Å². The first kappa shape index (κ1) is 7.51. The van der Waals surface area contributed by atoms with E-state index in [1.165, 1.54) is 0 Å². The first-order valence-corrected chi connectivity index (χ1v) is 3.68. The monoisotopic (exact) mass is 145 g/mol. The second kappa shape index (κ2) is 3.54. The van der Waals surface area contributed by atoms with Gasteiger partial charge in [0.05, 0.1) is 0 Å². The largest absolute Gasteiger partial charge is 0.340 e. The minimum absolute atomic E-state index is 0.115. The molecule has 0 aromatic heterocycles. The molecule has 0 saturated carbocycles.